The van der Waals surface area contributed by atoms with Crippen molar-refractivity contribution in [1.29, 1.82) is 0 Å². The predicted molar refractivity (Wildman–Crippen MR) is 212 cm³/mol. The van der Waals surface area contributed by atoms with Crippen LogP contribution in [0.25, 0.3) is 22.4 Å². The van der Waals surface area contributed by atoms with E-state index in [-0.39, 0.29) is 24.0 Å². The molecular weight excluding hydrogens is 713 g/mol. The van der Waals surface area contributed by atoms with Crippen LogP contribution in [0, 0.1) is 5.92 Å². The quantitative estimate of drug-likeness (QED) is 0.103. The summed E-state index contributed by atoms with van der Waals surface area (Å²) in [6, 6.07) is 11.6. The van der Waals surface area contributed by atoms with Crippen molar-refractivity contribution >= 4 is 30.0 Å². The van der Waals surface area contributed by atoms with Crippen molar-refractivity contribution in [1.82, 2.24) is 30.4 Å². The van der Waals surface area contributed by atoms with Crippen LogP contribution in [-0.4, -0.2) is 99.9 Å². The third kappa shape index (κ3) is 7.39. The maximum absolute atomic E-state index is 13.2. The molecule has 0 unspecified atom stereocenters. The molecule has 2 aliphatic heterocycles. The number of likely N-dealkylation sites (tertiary alicyclic amines) is 2. The number of nitrogens with one attached hydrogen (secondary N) is 3. The van der Waals surface area contributed by atoms with E-state index in [9.17, 15) is 19.6 Å². The maximum Gasteiger partial charge on any atom is 0.407 e. The van der Waals surface area contributed by atoms with Crippen molar-refractivity contribution in [2.45, 2.75) is 89.0 Å². The molecule has 4 N–H and O–H groups in total. The van der Waals surface area contributed by atoms with E-state index < -0.39 is 18.2 Å². The number of aromatic nitrogens is 2. The Kier molecular flexibility index (Phi) is 11.0. The summed E-state index contributed by atoms with van der Waals surface area (Å²) in [6.07, 6.45) is 8.43. The standard InChI is InChI=1S/C42H50N8O6/c1-23(46-41(52)55-5)26(4)50-32-14-11-31(20-32)38(50)24(2)45-36(22-44-54)30-13-16-34-28(19-30)10-9-27-18-29(12-15-33(27)34)35-21-43-39(48-35)37-8-7-17-49(37)40(51)25(3)47-42(53)56-6/h12-13,15-16,18-19,21-23,25,31-32,37-38,54H,2,4,7-11,14,17,20H2,1,3,5-6H3,(H,43,48)(H,46,52)(H,47,53)/t23-,25-,31-,32+,37-,38+/m0/s1. The molecule has 2 saturated heterocycles. The summed E-state index contributed by atoms with van der Waals surface area (Å²) in [7, 11) is 2.62. The number of aryl methyl sites for hydroxylation is 2. The average Bonchev–Trinajstić information content (AvgIpc) is 4.04. The van der Waals surface area contributed by atoms with E-state index in [0.29, 0.717) is 29.9 Å². The highest BCUT2D eigenvalue weighted by Gasteiger charge is 2.48. The number of amides is 3. The smallest absolute Gasteiger partial charge is 0.407 e. The van der Waals surface area contributed by atoms with Gasteiger partial charge in [0.25, 0.3) is 0 Å². The van der Waals surface area contributed by atoms with Crippen LogP contribution in [0.3, 0.4) is 0 Å². The largest absolute Gasteiger partial charge is 0.453 e. The van der Waals surface area contributed by atoms with Gasteiger partial charge in [0, 0.05) is 23.8 Å². The summed E-state index contributed by atoms with van der Waals surface area (Å²) in [4.78, 5) is 54.0. The molecule has 3 aromatic rings. The van der Waals surface area contributed by atoms with Gasteiger partial charge in [-0.3, -0.25) is 4.79 Å². The van der Waals surface area contributed by atoms with Gasteiger partial charge in [-0.05, 0) is 105 Å². The normalized spacial score (nSPS) is 22.3. The Hall–Kier alpha value is -5.92. The summed E-state index contributed by atoms with van der Waals surface area (Å²) in [5.74, 6) is 0.908. The van der Waals surface area contributed by atoms with Crippen molar-refractivity contribution < 1.29 is 29.1 Å². The van der Waals surface area contributed by atoms with Crippen LogP contribution in [0.4, 0.5) is 9.59 Å². The van der Waals surface area contributed by atoms with Gasteiger partial charge in [-0.2, -0.15) is 0 Å². The van der Waals surface area contributed by atoms with Crippen molar-refractivity contribution in [2.24, 2.45) is 16.1 Å². The SMILES string of the molecule is C=C(N=C(C=NO)c1ccc2c(c1)CCc1cc(-c3cnc([C@@H]4CCCN4C(=O)[C@H](C)NC(=O)OC)[nH]3)ccc1-2)[C@@H]1[C@H]2CC[C@H](C2)N1C(=C)[C@H](C)NC(=O)OC. The lowest BCUT2D eigenvalue weighted by atomic mass is 9.83. The van der Waals surface area contributed by atoms with Gasteiger partial charge in [0.1, 0.15) is 11.9 Å². The number of rotatable bonds is 11. The van der Waals surface area contributed by atoms with Crippen molar-refractivity contribution in [3.05, 3.63) is 89.7 Å². The Balaban J connectivity index is 1.08. The van der Waals surface area contributed by atoms with Crippen molar-refractivity contribution in [2.75, 3.05) is 20.8 Å². The van der Waals surface area contributed by atoms with Crippen LogP contribution in [0.1, 0.15) is 74.5 Å². The minimum Gasteiger partial charge on any atom is -0.453 e. The highest BCUT2D eigenvalue weighted by atomic mass is 16.5. The van der Waals surface area contributed by atoms with Crippen molar-refractivity contribution in [3.63, 3.8) is 0 Å². The van der Waals surface area contributed by atoms with Gasteiger partial charge < -0.3 is 40.1 Å². The molecule has 1 saturated carbocycles. The zero-order valence-corrected chi connectivity index (χ0v) is 32.4. The zero-order valence-electron chi connectivity index (χ0n) is 32.4. The molecule has 3 heterocycles. The molecule has 4 aliphatic rings. The number of imidazole rings is 1. The number of methoxy groups -OCH3 is 2. The number of aliphatic imine (C=N–C) groups is 1. The molecule has 7 rings (SSSR count). The van der Waals surface area contributed by atoms with E-state index in [4.69, 9.17) is 9.73 Å². The van der Waals surface area contributed by atoms with E-state index in [1.54, 1.807) is 11.8 Å². The second-order valence-electron chi connectivity index (χ2n) is 15.1. The molecule has 2 bridgehead atoms. The van der Waals surface area contributed by atoms with Crippen LogP contribution in [0.2, 0.25) is 0 Å². The fourth-order valence-electron chi connectivity index (χ4n) is 9.05. The van der Waals surface area contributed by atoms with Gasteiger partial charge in [0.2, 0.25) is 5.91 Å². The number of hydrogen-bond acceptors (Lipinski definition) is 10. The van der Waals surface area contributed by atoms with E-state index in [1.807, 2.05) is 19.2 Å². The minimum atomic E-state index is -0.713. The zero-order chi connectivity index (χ0) is 39.7. The molecule has 2 aromatic carbocycles. The monoisotopic (exact) mass is 762 g/mol. The number of piperidine rings is 1. The number of aromatic amines is 1. The van der Waals surface area contributed by atoms with E-state index in [2.05, 4.69) is 78.9 Å². The van der Waals surface area contributed by atoms with Crippen molar-refractivity contribution in [3.8, 4) is 22.4 Å². The molecule has 56 heavy (non-hydrogen) atoms. The predicted octanol–water partition coefficient (Wildman–Crippen LogP) is 6.12. The third-order valence-corrected chi connectivity index (χ3v) is 11.8. The number of ether oxygens (including phenoxy) is 2. The Bertz CT molecular complexity index is 2110. The molecule has 14 heteroatoms. The molecule has 3 amide bonds. The third-order valence-electron chi connectivity index (χ3n) is 11.8. The first-order valence-corrected chi connectivity index (χ1v) is 19.2. The molecule has 0 spiro atoms. The number of carbonyl (C=O) groups excluding carboxylic acids is 3. The second kappa shape index (κ2) is 16.0. The topological polar surface area (TPSA) is 174 Å². The molecule has 14 nitrogen and oxygen atoms in total. The van der Waals surface area contributed by atoms with E-state index in [1.165, 1.54) is 31.6 Å². The lowest BCUT2D eigenvalue weighted by molar-refractivity contribution is -0.134. The van der Waals surface area contributed by atoms with Crippen LogP contribution >= 0.6 is 0 Å². The number of alkyl carbamates (subject to hydrolysis) is 2. The molecule has 1 aromatic heterocycles. The lowest BCUT2D eigenvalue weighted by Gasteiger charge is -2.40. The summed E-state index contributed by atoms with van der Waals surface area (Å²) in [5, 5.41) is 18.5. The highest BCUT2D eigenvalue weighted by Crippen LogP contribution is 2.47. The molecule has 6 atom stereocenters. The first-order valence-electron chi connectivity index (χ1n) is 19.2. The molecule has 294 valence electrons. The van der Waals surface area contributed by atoms with Crippen LogP contribution in [0.5, 0.6) is 0 Å². The maximum atomic E-state index is 13.2. The first kappa shape index (κ1) is 38.4. The van der Waals surface area contributed by atoms with Gasteiger partial charge in [-0.1, -0.05) is 42.6 Å². The molecule has 2 aliphatic carbocycles. The second-order valence-corrected chi connectivity index (χ2v) is 15.1. The first-order chi connectivity index (χ1) is 27.0. The molecule has 0 radical (unpaired) electrons. The Morgan fingerprint density at radius 1 is 0.982 bits per heavy atom. The summed E-state index contributed by atoms with van der Waals surface area (Å²) in [6.45, 7) is 12.9. The minimum absolute atomic E-state index is 0.0893. The fourth-order valence-corrected chi connectivity index (χ4v) is 9.05. The number of hydrogen-bond donors (Lipinski definition) is 4. The van der Waals surface area contributed by atoms with E-state index >= 15 is 0 Å². The van der Waals surface area contributed by atoms with Gasteiger partial charge in [0.15, 0.2) is 0 Å². The molecular formula is C42H50N8O6. The number of carbonyl (C=O) groups is 3. The Labute approximate surface area is 326 Å². The van der Waals surface area contributed by atoms with E-state index in [0.717, 1.165) is 84.4 Å². The van der Waals surface area contributed by atoms with Gasteiger partial charge in [0.05, 0.1) is 61.9 Å². The summed E-state index contributed by atoms with van der Waals surface area (Å²) in [5.41, 5.74) is 9.39. The van der Waals surface area contributed by atoms with Gasteiger partial charge in [-0.15, -0.1) is 0 Å². The Morgan fingerprint density at radius 2 is 1.68 bits per heavy atom. The van der Waals surface area contributed by atoms with Crippen LogP contribution in [-0.2, 0) is 27.1 Å². The van der Waals surface area contributed by atoms with Gasteiger partial charge in [-0.25, -0.2) is 19.6 Å². The number of fused-ring (bicyclic) bond motifs is 5. The number of nitrogens with zero attached hydrogens (tertiary/aromatic N) is 5. The highest BCUT2D eigenvalue weighted by molar-refractivity contribution is 6.38. The van der Waals surface area contributed by atoms with Crippen LogP contribution in [0.15, 0.2) is 77.3 Å². The van der Waals surface area contributed by atoms with Crippen LogP contribution < -0.4 is 10.6 Å². The number of oxime groups is 1. The lowest BCUT2D eigenvalue weighted by Crippen LogP contribution is -2.47. The molecule has 3 fully saturated rings. The van der Waals surface area contributed by atoms with Gasteiger partial charge >= 0.3 is 12.2 Å². The number of benzene rings is 2. The average molecular weight is 763 g/mol. The Morgan fingerprint density at radius 3 is 2.39 bits per heavy atom. The fraction of sp³-hybridized carbons (Fsp3) is 0.429. The number of H-pyrrole nitrogens is 1. The summed E-state index contributed by atoms with van der Waals surface area (Å²) >= 11 is 0. The summed E-state index contributed by atoms with van der Waals surface area (Å²) < 4.78 is 9.48.